The first-order chi connectivity index (χ1) is 19.1. The van der Waals surface area contributed by atoms with Crippen LogP contribution in [0.1, 0.15) is 55.5 Å². The zero-order valence-corrected chi connectivity index (χ0v) is 24.8. The predicted molar refractivity (Wildman–Crippen MR) is 151 cm³/mol. The number of carbonyl (C=O) groups is 2. The summed E-state index contributed by atoms with van der Waals surface area (Å²) < 4.78 is 47.9. The van der Waals surface area contributed by atoms with Crippen LogP contribution in [0.15, 0.2) is 36.4 Å². The van der Waals surface area contributed by atoms with Gasteiger partial charge in [0.25, 0.3) is 17.4 Å². The van der Waals surface area contributed by atoms with Crippen molar-refractivity contribution in [3.8, 4) is 5.75 Å². The van der Waals surface area contributed by atoms with E-state index in [1.807, 2.05) is 0 Å². The molecule has 0 saturated carbocycles. The highest BCUT2D eigenvalue weighted by Gasteiger charge is 2.61. The topological polar surface area (TPSA) is 86.2 Å². The number of rotatable bonds is 10. The number of amides is 2. The third kappa shape index (κ3) is 7.62. The van der Waals surface area contributed by atoms with Gasteiger partial charge in [0.1, 0.15) is 16.7 Å². The lowest BCUT2D eigenvalue weighted by molar-refractivity contribution is -0.261. The fourth-order valence-electron chi connectivity index (χ4n) is 4.92. The molecule has 1 aliphatic rings. The van der Waals surface area contributed by atoms with E-state index in [2.05, 4.69) is 9.88 Å². The second-order valence-corrected chi connectivity index (χ2v) is 11.3. The van der Waals surface area contributed by atoms with Gasteiger partial charge in [0.15, 0.2) is 0 Å². The van der Waals surface area contributed by atoms with Crippen molar-refractivity contribution < 1.29 is 32.6 Å². The maximum atomic E-state index is 14.1. The number of benzene rings is 1. The molecule has 1 unspecified atom stereocenters. The van der Waals surface area contributed by atoms with Gasteiger partial charge >= 0.3 is 6.18 Å². The highest BCUT2D eigenvalue weighted by Crippen LogP contribution is 2.41. The van der Waals surface area contributed by atoms with Crippen LogP contribution in [0.4, 0.5) is 19.0 Å². The number of nitrogens with zero attached hydrogens (tertiary/aromatic N) is 4. The minimum atomic E-state index is -5.23. The SMILES string of the molecule is CC(C)Oc1cccc(C(O)(C(=O)N(C)CCCC2CCN(c3ccc(C(=O)N(C)C)c(Cl)n3)CC2)C(F)(F)F)c1. The molecule has 1 N–H and O–H groups in total. The van der Waals surface area contributed by atoms with Gasteiger partial charge in [0.05, 0.1) is 11.7 Å². The summed E-state index contributed by atoms with van der Waals surface area (Å²) in [6, 6.07) is 8.38. The van der Waals surface area contributed by atoms with Crippen LogP contribution in [-0.4, -0.2) is 84.8 Å². The van der Waals surface area contributed by atoms with Gasteiger partial charge < -0.3 is 24.5 Å². The lowest BCUT2D eigenvalue weighted by atomic mass is 9.90. The molecule has 0 radical (unpaired) electrons. The van der Waals surface area contributed by atoms with Gasteiger partial charge in [-0.25, -0.2) is 4.98 Å². The number of hydrogen-bond acceptors (Lipinski definition) is 6. The number of piperidine rings is 1. The van der Waals surface area contributed by atoms with E-state index in [1.165, 1.54) is 24.1 Å². The molecule has 1 saturated heterocycles. The molecule has 8 nitrogen and oxygen atoms in total. The molecule has 2 amide bonds. The van der Waals surface area contributed by atoms with Crippen molar-refractivity contribution in [3.63, 3.8) is 0 Å². The maximum Gasteiger partial charge on any atom is 0.430 e. The summed E-state index contributed by atoms with van der Waals surface area (Å²) in [5, 5.41) is 10.9. The Morgan fingerprint density at radius 3 is 2.37 bits per heavy atom. The monoisotopic (exact) mass is 598 g/mol. The van der Waals surface area contributed by atoms with Crippen molar-refractivity contribution in [1.82, 2.24) is 14.8 Å². The molecule has 1 aliphatic heterocycles. The van der Waals surface area contributed by atoms with Crippen molar-refractivity contribution in [2.24, 2.45) is 5.92 Å². The smallest absolute Gasteiger partial charge is 0.430 e. The number of ether oxygens (including phenoxy) is 1. The van der Waals surface area contributed by atoms with Gasteiger partial charge in [0, 0.05) is 46.3 Å². The first kappa shape index (κ1) is 32.5. The Morgan fingerprint density at radius 1 is 1.15 bits per heavy atom. The third-order valence-electron chi connectivity index (χ3n) is 7.21. The van der Waals surface area contributed by atoms with Gasteiger partial charge in [-0.05, 0) is 69.7 Å². The second kappa shape index (κ2) is 13.3. The molecule has 0 bridgehead atoms. The lowest BCUT2D eigenvalue weighted by Gasteiger charge is -2.34. The zero-order chi connectivity index (χ0) is 30.5. The minimum Gasteiger partial charge on any atom is -0.491 e. The Morgan fingerprint density at radius 2 is 1.80 bits per heavy atom. The van der Waals surface area contributed by atoms with Gasteiger partial charge in [-0.15, -0.1) is 0 Å². The number of aromatic nitrogens is 1. The summed E-state index contributed by atoms with van der Waals surface area (Å²) in [7, 11) is 4.56. The quantitative estimate of drug-likeness (QED) is 0.382. The van der Waals surface area contributed by atoms with Crippen LogP contribution in [0.3, 0.4) is 0 Å². The number of aliphatic hydroxyl groups is 1. The molecule has 0 spiro atoms. The average molecular weight is 599 g/mol. The van der Waals surface area contributed by atoms with Crippen molar-refractivity contribution in [2.45, 2.75) is 57.4 Å². The average Bonchev–Trinajstić information content (AvgIpc) is 2.91. The Bertz CT molecular complexity index is 1220. The summed E-state index contributed by atoms with van der Waals surface area (Å²) in [6.45, 7) is 4.95. The molecule has 1 atom stereocenters. The van der Waals surface area contributed by atoms with Crippen LogP contribution in [-0.2, 0) is 10.4 Å². The summed E-state index contributed by atoms with van der Waals surface area (Å²) in [5.41, 5.74) is -3.94. The summed E-state index contributed by atoms with van der Waals surface area (Å²) in [5.74, 6) is -0.508. The van der Waals surface area contributed by atoms with E-state index in [-0.39, 0.29) is 29.5 Å². The standard InChI is InChI=1S/C29H38ClF3N4O4/c1-19(2)41-22-10-6-9-21(18-22)28(40,29(31,32)33)27(39)36(5)15-7-8-20-13-16-37(17-14-20)24-12-11-23(25(30)34-24)26(38)35(3)4/h6,9-12,18-20,40H,7-8,13-17H2,1-5H3. The van der Waals surface area contributed by atoms with Crippen LogP contribution in [0.5, 0.6) is 5.75 Å². The van der Waals surface area contributed by atoms with Crippen molar-refractivity contribution in [1.29, 1.82) is 0 Å². The number of alkyl halides is 3. The van der Waals surface area contributed by atoms with Crippen molar-refractivity contribution >= 4 is 29.2 Å². The van der Waals surface area contributed by atoms with Gasteiger partial charge in [-0.1, -0.05) is 23.7 Å². The number of carbonyl (C=O) groups excluding carboxylic acids is 2. The van der Waals surface area contributed by atoms with Gasteiger partial charge in [-0.2, -0.15) is 13.2 Å². The molecule has 12 heteroatoms. The molecule has 1 fully saturated rings. The van der Waals surface area contributed by atoms with Crippen LogP contribution < -0.4 is 9.64 Å². The summed E-state index contributed by atoms with van der Waals surface area (Å²) in [4.78, 5) is 34.1. The summed E-state index contributed by atoms with van der Waals surface area (Å²) >= 11 is 6.25. The van der Waals surface area contributed by atoms with Crippen LogP contribution in [0.2, 0.25) is 5.15 Å². The Labute approximate surface area is 244 Å². The van der Waals surface area contributed by atoms with E-state index in [0.29, 0.717) is 36.8 Å². The normalized spacial score (nSPS) is 15.9. The van der Waals surface area contributed by atoms with E-state index in [9.17, 15) is 27.9 Å². The van der Waals surface area contributed by atoms with Crippen molar-refractivity contribution in [3.05, 3.63) is 52.7 Å². The van der Waals surface area contributed by atoms with Crippen LogP contribution in [0, 0.1) is 5.92 Å². The lowest BCUT2D eigenvalue weighted by Crippen LogP contribution is -2.55. The molecular weight excluding hydrogens is 561 g/mol. The highest BCUT2D eigenvalue weighted by molar-refractivity contribution is 6.32. The highest BCUT2D eigenvalue weighted by atomic mass is 35.5. The predicted octanol–water partition coefficient (Wildman–Crippen LogP) is 5.13. The zero-order valence-electron chi connectivity index (χ0n) is 24.0. The van der Waals surface area contributed by atoms with Crippen molar-refractivity contribution in [2.75, 3.05) is 45.7 Å². The third-order valence-corrected chi connectivity index (χ3v) is 7.49. The molecule has 1 aromatic heterocycles. The fraction of sp³-hybridized carbons (Fsp3) is 0.552. The van der Waals surface area contributed by atoms with E-state index < -0.39 is 23.2 Å². The first-order valence-electron chi connectivity index (χ1n) is 13.6. The second-order valence-electron chi connectivity index (χ2n) is 10.9. The van der Waals surface area contributed by atoms with E-state index >= 15 is 0 Å². The molecule has 2 aromatic rings. The van der Waals surface area contributed by atoms with Gasteiger partial charge in [0.2, 0.25) is 0 Å². The first-order valence-corrected chi connectivity index (χ1v) is 14.0. The van der Waals surface area contributed by atoms with E-state index in [1.54, 1.807) is 40.1 Å². The molecule has 2 heterocycles. The maximum absolute atomic E-state index is 14.1. The number of halogens is 4. The largest absolute Gasteiger partial charge is 0.491 e. The molecule has 226 valence electrons. The van der Waals surface area contributed by atoms with Crippen LogP contribution in [0.25, 0.3) is 0 Å². The number of hydrogen-bond donors (Lipinski definition) is 1. The summed E-state index contributed by atoms with van der Waals surface area (Å²) in [6.07, 6.45) is -2.63. The molecule has 3 rings (SSSR count). The Kier molecular flexibility index (Phi) is 10.5. The van der Waals surface area contributed by atoms with E-state index in [0.717, 1.165) is 36.3 Å². The Balaban J connectivity index is 1.56. The molecule has 0 aliphatic carbocycles. The molecule has 1 aromatic carbocycles. The number of pyridine rings is 1. The number of anilines is 1. The minimum absolute atomic E-state index is 0.0676. The molecule has 41 heavy (non-hydrogen) atoms. The fourth-order valence-corrected chi connectivity index (χ4v) is 5.15. The molecular formula is C29H38ClF3N4O4. The van der Waals surface area contributed by atoms with Gasteiger partial charge in [-0.3, -0.25) is 9.59 Å². The number of likely N-dealkylation sites (N-methyl/N-ethyl adjacent to an activating group) is 1. The van der Waals surface area contributed by atoms with E-state index in [4.69, 9.17) is 16.3 Å². The Hall–Kier alpha value is -3.05. The van der Waals surface area contributed by atoms with Crippen LogP contribution >= 0.6 is 11.6 Å².